The van der Waals surface area contributed by atoms with E-state index in [2.05, 4.69) is 0 Å². The van der Waals surface area contributed by atoms with E-state index in [-0.39, 0.29) is 28.5 Å². The third kappa shape index (κ3) is 3.60. The predicted molar refractivity (Wildman–Crippen MR) is 95.6 cm³/mol. The van der Waals surface area contributed by atoms with Gasteiger partial charge in [0, 0.05) is 0 Å². The van der Waals surface area contributed by atoms with Crippen molar-refractivity contribution in [2.75, 3.05) is 10.1 Å². The molecule has 2 aromatic carbocycles. The van der Waals surface area contributed by atoms with Crippen LogP contribution in [0.2, 0.25) is 0 Å². The fourth-order valence-corrected chi connectivity index (χ4v) is 4.88. The van der Waals surface area contributed by atoms with Crippen molar-refractivity contribution in [2.24, 2.45) is 0 Å². The highest BCUT2D eigenvalue weighted by Gasteiger charge is 2.30. The number of benzene rings is 2. The summed E-state index contributed by atoms with van der Waals surface area (Å²) in [5.41, 5.74) is 0.472. The minimum absolute atomic E-state index is 0.0591. The fraction of sp³-hybridized carbons (Fsp3) is 0.125. The zero-order valence-electron chi connectivity index (χ0n) is 13.4. The number of aryl methyl sites for hydroxylation is 1. The molecule has 0 saturated carbocycles. The summed E-state index contributed by atoms with van der Waals surface area (Å²) in [6.45, 7) is 0. The van der Waals surface area contributed by atoms with E-state index >= 15 is 0 Å². The number of phenolic OH excluding ortho intramolecular Hbond substituents is 1. The first-order valence-electron chi connectivity index (χ1n) is 7.52. The van der Waals surface area contributed by atoms with Crippen molar-refractivity contribution in [3.8, 4) is 5.75 Å². The standard InChI is InChI=1S/C16H16N2O6S2/c19-15-10-12(8-9-25(21,22)13-4-2-1-3-5-13)6-7-14(15)18-11-16(20)17-26(18,23)24/h1-7,10-11,17,19-20H,8-9H2. The summed E-state index contributed by atoms with van der Waals surface area (Å²) in [5, 5.41) is 19.4. The lowest BCUT2D eigenvalue weighted by atomic mass is 10.1. The van der Waals surface area contributed by atoms with Crippen molar-refractivity contribution in [3.05, 3.63) is 66.2 Å². The van der Waals surface area contributed by atoms with Crippen molar-refractivity contribution in [2.45, 2.75) is 11.3 Å². The van der Waals surface area contributed by atoms with Gasteiger partial charge in [0.1, 0.15) is 11.4 Å². The molecule has 0 atom stereocenters. The van der Waals surface area contributed by atoms with Crippen LogP contribution in [0.5, 0.6) is 5.75 Å². The van der Waals surface area contributed by atoms with Crippen LogP contribution < -0.4 is 9.03 Å². The van der Waals surface area contributed by atoms with Crippen molar-refractivity contribution in [1.29, 1.82) is 0 Å². The molecule has 0 bridgehead atoms. The highest BCUT2D eigenvalue weighted by molar-refractivity contribution is 7.91. The zero-order valence-corrected chi connectivity index (χ0v) is 15.0. The SMILES string of the molecule is O=S(=O)(CCc1ccc(N2C=C(O)NS2(=O)=O)c(O)c1)c1ccccc1. The van der Waals surface area contributed by atoms with E-state index in [9.17, 15) is 27.0 Å². The normalized spacial score (nSPS) is 16.2. The Morgan fingerprint density at radius 3 is 2.31 bits per heavy atom. The van der Waals surface area contributed by atoms with Gasteiger partial charge in [0.2, 0.25) is 5.88 Å². The number of anilines is 1. The Kier molecular flexibility index (Phi) is 4.55. The van der Waals surface area contributed by atoms with Crippen LogP contribution in [-0.2, 0) is 26.5 Å². The number of rotatable bonds is 5. The van der Waals surface area contributed by atoms with E-state index < -0.39 is 25.9 Å². The van der Waals surface area contributed by atoms with Gasteiger partial charge in [0.25, 0.3) is 0 Å². The lowest BCUT2D eigenvalue weighted by Gasteiger charge is -2.16. The van der Waals surface area contributed by atoms with Crippen LogP contribution in [0.1, 0.15) is 5.56 Å². The van der Waals surface area contributed by atoms with E-state index in [4.69, 9.17) is 0 Å². The van der Waals surface area contributed by atoms with Gasteiger partial charge in [-0.3, -0.25) is 0 Å². The third-order valence-corrected chi connectivity index (χ3v) is 6.79. The molecule has 1 aliphatic rings. The Balaban J connectivity index is 1.79. The molecule has 0 amide bonds. The van der Waals surface area contributed by atoms with E-state index in [1.165, 1.54) is 30.3 Å². The molecule has 0 fully saturated rings. The monoisotopic (exact) mass is 396 g/mol. The average Bonchev–Trinajstić information content (AvgIpc) is 2.86. The van der Waals surface area contributed by atoms with Gasteiger partial charge in [-0.15, -0.1) is 0 Å². The minimum atomic E-state index is -4.01. The van der Waals surface area contributed by atoms with E-state index in [1.54, 1.807) is 18.2 Å². The Morgan fingerprint density at radius 1 is 1.04 bits per heavy atom. The molecule has 8 nitrogen and oxygen atoms in total. The summed E-state index contributed by atoms with van der Waals surface area (Å²) in [4.78, 5) is 0.218. The molecule has 0 radical (unpaired) electrons. The lowest BCUT2D eigenvalue weighted by Crippen LogP contribution is -2.29. The second-order valence-corrected chi connectivity index (χ2v) is 9.28. The van der Waals surface area contributed by atoms with Crippen LogP contribution in [0.15, 0.2) is 65.5 Å². The maximum absolute atomic E-state index is 12.3. The highest BCUT2D eigenvalue weighted by Crippen LogP contribution is 2.32. The number of nitrogens with one attached hydrogen (secondary N) is 1. The maximum atomic E-state index is 12.3. The molecule has 0 saturated heterocycles. The van der Waals surface area contributed by atoms with Crippen molar-refractivity contribution in [3.63, 3.8) is 0 Å². The molecule has 2 aromatic rings. The molecule has 10 heteroatoms. The van der Waals surface area contributed by atoms with Crippen LogP contribution in [0, 0.1) is 0 Å². The summed E-state index contributed by atoms with van der Waals surface area (Å²) in [6, 6.07) is 12.2. The lowest BCUT2D eigenvalue weighted by molar-refractivity contribution is 0.392. The Labute approximate surface area is 151 Å². The van der Waals surface area contributed by atoms with Crippen LogP contribution >= 0.6 is 0 Å². The molecule has 138 valence electrons. The Bertz CT molecular complexity index is 1060. The van der Waals surface area contributed by atoms with Gasteiger partial charge >= 0.3 is 10.2 Å². The largest absolute Gasteiger partial charge is 0.506 e. The molecular formula is C16H16N2O6S2. The topological polar surface area (TPSA) is 124 Å². The van der Waals surface area contributed by atoms with Crippen LogP contribution in [-0.4, -0.2) is 32.8 Å². The van der Waals surface area contributed by atoms with Gasteiger partial charge in [0.15, 0.2) is 9.84 Å². The fourth-order valence-electron chi connectivity index (χ4n) is 2.50. The first kappa shape index (κ1) is 18.1. The summed E-state index contributed by atoms with van der Waals surface area (Å²) >= 11 is 0. The van der Waals surface area contributed by atoms with Gasteiger partial charge in [-0.05, 0) is 36.2 Å². The smallest absolute Gasteiger partial charge is 0.330 e. The van der Waals surface area contributed by atoms with E-state index in [0.717, 1.165) is 6.20 Å². The van der Waals surface area contributed by atoms with Gasteiger partial charge in [0.05, 0.1) is 16.8 Å². The molecule has 0 aliphatic carbocycles. The molecule has 1 aliphatic heterocycles. The molecule has 3 N–H and O–H groups in total. The zero-order chi connectivity index (χ0) is 18.9. The number of aromatic hydroxyl groups is 1. The second-order valence-electron chi connectivity index (χ2n) is 5.62. The minimum Gasteiger partial charge on any atom is -0.506 e. The molecule has 0 unspecified atom stereocenters. The van der Waals surface area contributed by atoms with Gasteiger partial charge in [-0.1, -0.05) is 24.3 Å². The van der Waals surface area contributed by atoms with Gasteiger partial charge in [-0.25, -0.2) is 17.4 Å². The molecule has 3 rings (SSSR count). The first-order chi connectivity index (χ1) is 12.2. The molecular weight excluding hydrogens is 380 g/mol. The Hall–Kier alpha value is -2.72. The number of aliphatic hydroxyl groups is 1. The molecule has 26 heavy (non-hydrogen) atoms. The first-order valence-corrected chi connectivity index (χ1v) is 10.6. The summed E-state index contributed by atoms with van der Waals surface area (Å²) in [5.74, 6) is -1.07. The summed E-state index contributed by atoms with van der Waals surface area (Å²) in [7, 11) is -7.47. The number of hydrogen-bond donors (Lipinski definition) is 3. The number of nitrogens with zero attached hydrogens (tertiary/aromatic N) is 1. The predicted octanol–water partition coefficient (Wildman–Crippen LogP) is 1.42. The van der Waals surface area contributed by atoms with Gasteiger partial charge in [-0.2, -0.15) is 8.42 Å². The molecule has 0 spiro atoms. The quantitative estimate of drug-likeness (QED) is 0.702. The third-order valence-electron chi connectivity index (χ3n) is 3.77. The number of sulfone groups is 1. The number of aliphatic hydroxyl groups excluding tert-OH is 1. The van der Waals surface area contributed by atoms with Crippen LogP contribution in [0.3, 0.4) is 0 Å². The van der Waals surface area contributed by atoms with Crippen molar-refractivity contribution >= 4 is 25.7 Å². The summed E-state index contributed by atoms with van der Waals surface area (Å²) in [6.07, 6.45) is 1.07. The Morgan fingerprint density at radius 2 is 1.73 bits per heavy atom. The number of hydrogen-bond acceptors (Lipinski definition) is 6. The summed E-state index contributed by atoms with van der Waals surface area (Å²) < 4.78 is 50.8. The van der Waals surface area contributed by atoms with Crippen LogP contribution in [0.4, 0.5) is 5.69 Å². The highest BCUT2D eigenvalue weighted by atomic mass is 32.2. The van der Waals surface area contributed by atoms with Gasteiger partial charge < -0.3 is 10.2 Å². The molecule has 0 aromatic heterocycles. The van der Waals surface area contributed by atoms with E-state index in [1.807, 2.05) is 4.72 Å². The number of phenols is 1. The second kappa shape index (κ2) is 6.54. The van der Waals surface area contributed by atoms with Crippen molar-refractivity contribution < 1.29 is 27.0 Å². The van der Waals surface area contributed by atoms with E-state index in [0.29, 0.717) is 9.87 Å². The maximum Gasteiger partial charge on any atom is 0.330 e. The van der Waals surface area contributed by atoms with Crippen molar-refractivity contribution in [1.82, 2.24) is 4.72 Å². The average molecular weight is 396 g/mol. The molecule has 1 heterocycles. The van der Waals surface area contributed by atoms with Crippen LogP contribution in [0.25, 0.3) is 0 Å².